The molecular weight excluding hydrogens is 279 g/mol. The lowest BCUT2D eigenvalue weighted by atomic mass is 10.3. The van der Waals surface area contributed by atoms with E-state index in [0.717, 1.165) is 17.2 Å². The van der Waals surface area contributed by atoms with Gasteiger partial charge in [-0.25, -0.2) is 14.4 Å². The molecule has 20 heavy (non-hydrogen) atoms. The minimum absolute atomic E-state index is 0.267. The Balaban J connectivity index is 1.63. The first kappa shape index (κ1) is 12.9. The van der Waals surface area contributed by atoms with Crippen LogP contribution in [-0.2, 0) is 6.42 Å². The maximum atomic E-state index is 13.1. The van der Waals surface area contributed by atoms with Gasteiger partial charge in [-0.2, -0.15) is 0 Å². The Morgan fingerprint density at radius 3 is 2.95 bits per heavy atom. The molecule has 0 atom stereocenters. The van der Waals surface area contributed by atoms with Crippen LogP contribution in [-0.4, -0.2) is 21.5 Å². The molecule has 3 rings (SSSR count). The van der Waals surface area contributed by atoms with Crippen molar-refractivity contribution in [3.63, 3.8) is 0 Å². The van der Waals surface area contributed by atoms with Gasteiger partial charge in [0.15, 0.2) is 0 Å². The van der Waals surface area contributed by atoms with Crippen LogP contribution in [0.4, 0.5) is 10.2 Å². The third-order valence-electron chi connectivity index (χ3n) is 2.89. The van der Waals surface area contributed by atoms with Crippen LogP contribution in [0.1, 0.15) is 5.82 Å². The molecule has 0 aliphatic carbocycles. The summed E-state index contributed by atoms with van der Waals surface area (Å²) < 4.78 is 13.1. The first-order valence-corrected chi connectivity index (χ1v) is 6.58. The molecule has 0 radical (unpaired) electrons. The molecule has 6 heteroatoms. The molecule has 0 bridgehead atoms. The Hall–Kier alpha value is -2.14. The Labute approximate surface area is 120 Å². The van der Waals surface area contributed by atoms with Crippen LogP contribution in [0.3, 0.4) is 0 Å². The maximum absolute atomic E-state index is 13.1. The van der Waals surface area contributed by atoms with E-state index in [9.17, 15) is 4.39 Å². The molecule has 0 unspecified atom stereocenters. The molecule has 0 aliphatic heterocycles. The summed E-state index contributed by atoms with van der Waals surface area (Å²) in [6, 6.07) is 8.11. The molecule has 2 heterocycles. The van der Waals surface area contributed by atoms with Crippen molar-refractivity contribution in [1.29, 1.82) is 0 Å². The summed E-state index contributed by atoms with van der Waals surface area (Å²) >= 11 is 5.76. The van der Waals surface area contributed by atoms with E-state index >= 15 is 0 Å². The van der Waals surface area contributed by atoms with Gasteiger partial charge in [-0.05, 0) is 30.3 Å². The Bertz CT molecular complexity index is 724. The summed E-state index contributed by atoms with van der Waals surface area (Å²) in [4.78, 5) is 11.6. The Kier molecular flexibility index (Phi) is 3.52. The summed E-state index contributed by atoms with van der Waals surface area (Å²) in [5, 5.41) is 3.78. The Morgan fingerprint density at radius 2 is 2.15 bits per heavy atom. The van der Waals surface area contributed by atoms with Crippen molar-refractivity contribution < 1.29 is 4.39 Å². The second kappa shape index (κ2) is 5.46. The van der Waals surface area contributed by atoms with Gasteiger partial charge in [0.1, 0.15) is 17.5 Å². The summed E-state index contributed by atoms with van der Waals surface area (Å²) in [5.74, 6) is 1.31. The molecule has 0 spiro atoms. The number of halogens is 2. The number of imidazole rings is 1. The van der Waals surface area contributed by atoms with Crippen LogP contribution in [0, 0.1) is 5.82 Å². The molecule has 0 saturated heterocycles. The normalized spacial score (nSPS) is 10.9. The lowest BCUT2D eigenvalue weighted by Gasteiger charge is -2.03. The molecular formula is C14H12ClFN4. The highest BCUT2D eigenvalue weighted by Gasteiger charge is 2.03. The fourth-order valence-corrected chi connectivity index (χ4v) is 2.05. The monoisotopic (exact) mass is 290 g/mol. The first-order chi connectivity index (χ1) is 9.70. The lowest BCUT2D eigenvalue weighted by molar-refractivity contribution is 0.629. The average Bonchev–Trinajstić information content (AvgIpc) is 2.83. The molecule has 0 fully saturated rings. The van der Waals surface area contributed by atoms with E-state index in [-0.39, 0.29) is 5.82 Å². The van der Waals surface area contributed by atoms with Gasteiger partial charge in [-0.3, -0.25) is 0 Å². The molecule has 4 nitrogen and oxygen atoms in total. The minimum Gasteiger partial charge on any atom is -0.370 e. The van der Waals surface area contributed by atoms with Crippen molar-refractivity contribution in [2.75, 3.05) is 11.9 Å². The van der Waals surface area contributed by atoms with Crippen LogP contribution >= 0.6 is 11.6 Å². The third kappa shape index (κ3) is 2.88. The number of pyridine rings is 1. The number of fused-ring (bicyclic) bond motifs is 1. The van der Waals surface area contributed by atoms with Gasteiger partial charge in [-0.15, -0.1) is 0 Å². The summed E-state index contributed by atoms with van der Waals surface area (Å²) in [6.07, 6.45) is 2.29. The predicted octanol–water partition coefficient (Wildman–Crippen LogP) is 3.41. The number of anilines is 1. The third-order valence-corrected chi connectivity index (χ3v) is 3.11. The maximum Gasteiger partial charge on any atom is 0.125 e. The molecule has 0 saturated carbocycles. The highest BCUT2D eigenvalue weighted by molar-refractivity contribution is 6.30. The number of rotatable bonds is 4. The number of nitrogens with zero attached hydrogens (tertiary/aromatic N) is 2. The van der Waals surface area contributed by atoms with Crippen molar-refractivity contribution in [2.24, 2.45) is 0 Å². The quantitative estimate of drug-likeness (QED) is 0.774. The predicted molar refractivity (Wildman–Crippen MR) is 77.5 cm³/mol. The van der Waals surface area contributed by atoms with Crippen LogP contribution in [0.2, 0.25) is 5.02 Å². The van der Waals surface area contributed by atoms with Gasteiger partial charge in [0, 0.05) is 19.2 Å². The van der Waals surface area contributed by atoms with Gasteiger partial charge in [0.25, 0.3) is 0 Å². The number of benzene rings is 1. The molecule has 2 N–H and O–H groups in total. The van der Waals surface area contributed by atoms with Gasteiger partial charge < -0.3 is 10.3 Å². The van der Waals surface area contributed by atoms with Crippen LogP contribution in [0.25, 0.3) is 11.0 Å². The second-order valence-electron chi connectivity index (χ2n) is 4.38. The Morgan fingerprint density at radius 1 is 1.25 bits per heavy atom. The molecule has 0 amide bonds. The summed E-state index contributed by atoms with van der Waals surface area (Å²) in [7, 11) is 0. The topological polar surface area (TPSA) is 53.6 Å². The molecule has 102 valence electrons. The fourth-order valence-electron chi connectivity index (χ4n) is 1.94. The van der Waals surface area contributed by atoms with E-state index in [1.807, 2.05) is 6.07 Å². The smallest absolute Gasteiger partial charge is 0.125 e. The first-order valence-electron chi connectivity index (χ1n) is 6.20. The second-order valence-corrected chi connectivity index (χ2v) is 4.82. The van der Waals surface area contributed by atoms with Gasteiger partial charge in [0.05, 0.1) is 16.1 Å². The highest BCUT2D eigenvalue weighted by atomic mass is 35.5. The van der Waals surface area contributed by atoms with Crippen molar-refractivity contribution in [1.82, 2.24) is 15.0 Å². The number of aromatic amines is 1. The standard InChI is InChI=1S/C14H12ClFN4/c15-9-1-4-13(18-8-9)17-6-5-14-19-11-3-2-10(16)7-12(11)20-14/h1-4,7-8H,5-6H2,(H,17,18)(H,19,20). The van der Waals surface area contributed by atoms with E-state index in [4.69, 9.17) is 11.6 Å². The lowest BCUT2D eigenvalue weighted by Crippen LogP contribution is -2.06. The van der Waals surface area contributed by atoms with Gasteiger partial charge in [-0.1, -0.05) is 11.6 Å². The average molecular weight is 291 g/mol. The van der Waals surface area contributed by atoms with Gasteiger partial charge >= 0.3 is 0 Å². The SMILES string of the molecule is Fc1ccc2nc(CCNc3ccc(Cl)cn3)[nH]c2c1. The van der Waals surface area contributed by atoms with E-state index in [2.05, 4.69) is 20.3 Å². The minimum atomic E-state index is -0.267. The van der Waals surface area contributed by atoms with Gasteiger partial charge in [0.2, 0.25) is 0 Å². The van der Waals surface area contributed by atoms with E-state index in [1.54, 1.807) is 18.3 Å². The number of nitrogens with one attached hydrogen (secondary N) is 2. The number of hydrogen-bond donors (Lipinski definition) is 2. The fraction of sp³-hybridized carbons (Fsp3) is 0.143. The molecule has 2 aromatic heterocycles. The van der Waals surface area contributed by atoms with Crippen molar-refractivity contribution in [3.05, 3.63) is 53.2 Å². The molecule has 1 aromatic carbocycles. The zero-order chi connectivity index (χ0) is 13.9. The van der Waals surface area contributed by atoms with Crippen LogP contribution < -0.4 is 5.32 Å². The largest absolute Gasteiger partial charge is 0.370 e. The number of hydrogen-bond acceptors (Lipinski definition) is 3. The van der Waals surface area contributed by atoms with Crippen molar-refractivity contribution in [2.45, 2.75) is 6.42 Å². The van der Waals surface area contributed by atoms with E-state index in [0.29, 0.717) is 23.5 Å². The van der Waals surface area contributed by atoms with E-state index < -0.39 is 0 Å². The number of H-pyrrole nitrogens is 1. The zero-order valence-electron chi connectivity index (χ0n) is 10.5. The highest BCUT2D eigenvalue weighted by Crippen LogP contribution is 2.13. The van der Waals surface area contributed by atoms with E-state index in [1.165, 1.54) is 12.1 Å². The van der Waals surface area contributed by atoms with Crippen LogP contribution in [0.5, 0.6) is 0 Å². The van der Waals surface area contributed by atoms with Crippen molar-refractivity contribution >= 4 is 28.5 Å². The zero-order valence-corrected chi connectivity index (χ0v) is 11.3. The number of aromatic nitrogens is 3. The molecule has 0 aliphatic rings. The molecule has 3 aromatic rings. The summed E-state index contributed by atoms with van der Waals surface area (Å²) in [6.45, 7) is 0.678. The van der Waals surface area contributed by atoms with Crippen molar-refractivity contribution in [3.8, 4) is 0 Å². The van der Waals surface area contributed by atoms with Crippen LogP contribution in [0.15, 0.2) is 36.5 Å². The summed E-state index contributed by atoms with van der Waals surface area (Å²) in [5.41, 5.74) is 1.48.